The Hall–Kier alpha value is -1.63. The summed E-state index contributed by atoms with van der Waals surface area (Å²) >= 11 is 0. The molecule has 0 bridgehead atoms. The zero-order valence-corrected chi connectivity index (χ0v) is 10.4. The molecule has 1 amide bonds. The molecule has 7 heteroatoms. The first-order valence-corrected chi connectivity index (χ1v) is 6.38. The Kier molecular flexibility index (Phi) is 4.14. The Morgan fingerprint density at radius 3 is 2.94 bits per heavy atom. The molecule has 100 valence electrons. The van der Waals surface area contributed by atoms with Crippen molar-refractivity contribution in [3.8, 4) is 0 Å². The van der Waals surface area contributed by atoms with Crippen molar-refractivity contribution in [2.45, 2.75) is 51.6 Å². The number of nitrogens with one attached hydrogen (secondary N) is 1. The molecule has 7 nitrogen and oxygen atoms in total. The van der Waals surface area contributed by atoms with Gasteiger partial charge in [0.15, 0.2) is 0 Å². The zero-order chi connectivity index (χ0) is 13.0. The molecule has 0 saturated carbocycles. The summed E-state index contributed by atoms with van der Waals surface area (Å²) in [4.78, 5) is 22.9. The van der Waals surface area contributed by atoms with Gasteiger partial charge in [0.05, 0.1) is 0 Å². The van der Waals surface area contributed by atoms with Crippen LogP contribution in [-0.2, 0) is 24.3 Å². The number of carbonyl (C=O) groups is 1. The van der Waals surface area contributed by atoms with Crippen LogP contribution in [0.25, 0.3) is 0 Å². The van der Waals surface area contributed by atoms with Crippen molar-refractivity contribution in [3.63, 3.8) is 0 Å². The minimum atomic E-state index is -0.175. The predicted molar refractivity (Wildman–Crippen MR) is 65.6 cm³/mol. The molecule has 0 aromatic carbocycles. The Labute approximate surface area is 105 Å². The van der Waals surface area contributed by atoms with Crippen LogP contribution in [0, 0.1) is 0 Å². The van der Waals surface area contributed by atoms with E-state index in [0.29, 0.717) is 19.4 Å². The van der Waals surface area contributed by atoms with E-state index in [2.05, 4.69) is 10.5 Å². The number of hydrogen-bond acceptors (Lipinski definition) is 4. The van der Waals surface area contributed by atoms with Gasteiger partial charge >= 0.3 is 5.69 Å². The lowest BCUT2D eigenvalue weighted by atomic mass is 10.2. The van der Waals surface area contributed by atoms with Gasteiger partial charge in [0.2, 0.25) is 5.91 Å². The second-order valence-electron chi connectivity index (χ2n) is 4.56. The number of amides is 1. The van der Waals surface area contributed by atoms with E-state index < -0.39 is 0 Å². The van der Waals surface area contributed by atoms with Gasteiger partial charge in [-0.3, -0.25) is 14.8 Å². The molecule has 0 atom stereocenters. The van der Waals surface area contributed by atoms with E-state index in [1.165, 1.54) is 4.68 Å². The maximum atomic E-state index is 12.0. The summed E-state index contributed by atoms with van der Waals surface area (Å²) in [5.74, 6) is 5.71. The van der Waals surface area contributed by atoms with Crippen molar-refractivity contribution in [1.29, 1.82) is 0 Å². The van der Waals surface area contributed by atoms with E-state index in [9.17, 15) is 9.59 Å². The SMILES string of the molecule is NNC(=O)CCCCn1nc2n(c1=O)CCCC2. The third kappa shape index (κ3) is 2.79. The standard InChI is InChI=1S/C11H19N5O2/c12-13-10(17)6-2-4-8-16-11(18)15-7-3-1-5-9(15)14-16/h1-8,12H2,(H,13,17). The molecule has 3 N–H and O–H groups in total. The maximum Gasteiger partial charge on any atom is 0.345 e. The molecule has 1 aromatic rings. The van der Waals surface area contributed by atoms with Gasteiger partial charge in [-0.05, 0) is 25.7 Å². The van der Waals surface area contributed by atoms with Gasteiger partial charge < -0.3 is 0 Å². The first-order valence-electron chi connectivity index (χ1n) is 6.38. The highest BCUT2D eigenvalue weighted by Gasteiger charge is 2.16. The van der Waals surface area contributed by atoms with Crippen molar-refractivity contribution in [2.75, 3.05) is 0 Å². The van der Waals surface area contributed by atoms with Crippen LogP contribution >= 0.6 is 0 Å². The van der Waals surface area contributed by atoms with Gasteiger partial charge in [-0.2, -0.15) is 5.10 Å². The van der Waals surface area contributed by atoms with Crippen molar-refractivity contribution < 1.29 is 4.79 Å². The number of nitrogens with two attached hydrogens (primary N) is 1. The quantitative estimate of drug-likeness (QED) is 0.321. The van der Waals surface area contributed by atoms with Gasteiger partial charge in [-0.1, -0.05) is 0 Å². The summed E-state index contributed by atoms with van der Waals surface area (Å²) in [5.41, 5.74) is 2.07. The molecule has 1 aliphatic rings. The number of unbranched alkanes of at least 4 members (excludes halogenated alkanes) is 1. The molecule has 1 aliphatic heterocycles. The third-order valence-corrected chi connectivity index (χ3v) is 3.22. The molecule has 0 fully saturated rings. The van der Waals surface area contributed by atoms with Crippen molar-refractivity contribution in [1.82, 2.24) is 19.8 Å². The summed E-state index contributed by atoms with van der Waals surface area (Å²) in [7, 11) is 0. The summed E-state index contributed by atoms with van der Waals surface area (Å²) < 4.78 is 3.27. The van der Waals surface area contributed by atoms with E-state index in [1.807, 2.05) is 0 Å². The van der Waals surface area contributed by atoms with Crippen molar-refractivity contribution in [2.24, 2.45) is 5.84 Å². The van der Waals surface area contributed by atoms with Crippen LogP contribution in [0.3, 0.4) is 0 Å². The van der Waals surface area contributed by atoms with Crippen LogP contribution in [0.4, 0.5) is 0 Å². The number of fused-ring (bicyclic) bond motifs is 1. The Bertz CT molecular complexity index is 476. The van der Waals surface area contributed by atoms with Gasteiger partial charge in [0.25, 0.3) is 0 Å². The van der Waals surface area contributed by atoms with Gasteiger partial charge in [-0.15, -0.1) is 0 Å². The lowest BCUT2D eigenvalue weighted by molar-refractivity contribution is -0.121. The first kappa shape index (κ1) is 12.8. The highest BCUT2D eigenvalue weighted by Crippen LogP contribution is 2.09. The Morgan fingerprint density at radius 1 is 1.39 bits per heavy atom. The molecular weight excluding hydrogens is 234 g/mol. The first-order chi connectivity index (χ1) is 8.72. The molecule has 2 heterocycles. The predicted octanol–water partition coefficient (Wildman–Crippen LogP) is -0.459. The second kappa shape index (κ2) is 5.81. The highest BCUT2D eigenvalue weighted by molar-refractivity contribution is 5.74. The zero-order valence-electron chi connectivity index (χ0n) is 10.4. The van der Waals surface area contributed by atoms with E-state index in [1.54, 1.807) is 4.57 Å². The van der Waals surface area contributed by atoms with Crippen LogP contribution < -0.4 is 17.0 Å². The Balaban J connectivity index is 1.88. The summed E-state index contributed by atoms with van der Waals surface area (Å²) in [6, 6.07) is 0. The van der Waals surface area contributed by atoms with Crippen LogP contribution in [0.2, 0.25) is 0 Å². The molecule has 2 rings (SSSR count). The number of aromatic nitrogens is 3. The lowest BCUT2D eigenvalue weighted by Gasteiger charge is -2.09. The van der Waals surface area contributed by atoms with E-state index in [-0.39, 0.29) is 11.6 Å². The van der Waals surface area contributed by atoms with Gasteiger partial charge in [0, 0.05) is 25.9 Å². The Morgan fingerprint density at radius 2 is 2.22 bits per heavy atom. The third-order valence-electron chi connectivity index (χ3n) is 3.22. The number of rotatable bonds is 5. The summed E-state index contributed by atoms with van der Waals surface area (Å²) in [6.07, 6.45) is 4.89. The van der Waals surface area contributed by atoms with Crippen LogP contribution in [0.5, 0.6) is 0 Å². The van der Waals surface area contributed by atoms with Crippen molar-refractivity contribution >= 4 is 5.91 Å². The molecule has 0 aliphatic carbocycles. The minimum absolute atomic E-state index is 0.0204. The molecule has 0 saturated heterocycles. The van der Waals surface area contributed by atoms with E-state index in [0.717, 1.165) is 38.1 Å². The van der Waals surface area contributed by atoms with E-state index >= 15 is 0 Å². The molecule has 1 aromatic heterocycles. The molecule has 0 radical (unpaired) electrons. The number of carbonyl (C=O) groups excluding carboxylic acids is 1. The largest absolute Gasteiger partial charge is 0.345 e. The number of aryl methyl sites for hydroxylation is 2. The molecule has 0 unspecified atom stereocenters. The van der Waals surface area contributed by atoms with Gasteiger partial charge in [0.1, 0.15) is 5.82 Å². The molecule has 18 heavy (non-hydrogen) atoms. The average Bonchev–Trinajstić information content (AvgIpc) is 2.72. The topological polar surface area (TPSA) is 94.9 Å². The minimum Gasteiger partial charge on any atom is -0.294 e. The number of hydrazine groups is 1. The lowest BCUT2D eigenvalue weighted by Crippen LogP contribution is -2.30. The smallest absolute Gasteiger partial charge is 0.294 e. The number of nitrogens with zero attached hydrogens (tertiary/aromatic N) is 3. The molecule has 0 spiro atoms. The van der Waals surface area contributed by atoms with Gasteiger partial charge in [-0.25, -0.2) is 15.3 Å². The fourth-order valence-electron chi connectivity index (χ4n) is 2.21. The van der Waals surface area contributed by atoms with Crippen LogP contribution in [0.1, 0.15) is 37.9 Å². The highest BCUT2D eigenvalue weighted by atomic mass is 16.2. The summed E-state index contributed by atoms with van der Waals surface area (Å²) in [5, 5.41) is 4.33. The van der Waals surface area contributed by atoms with E-state index in [4.69, 9.17) is 5.84 Å². The maximum absolute atomic E-state index is 12.0. The monoisotopic (exact) mass is 253 g/mol. The second-order valence-corrected chi connectivity index (χ2v) is 4.56. The fraction of sp³-hybridized carbons (Fsp3) is 0.727. The summed E-state index contributed by atoms with van der Waals surface area (Å²) in [6.45, 7) is 1.35. The normalized spacial score (nSPS) is 14.3. The van der Waals surface area contributed by atoms with Crippen molar-refractivity contribution in [3.05, 3.63) is 16.3 Å². The van der Waals surface area contributed by atoms with Crippen LogP contribution in [0.15, 0.2) is 4.79 Å². The molecular formula is C11H19N5O2. The fourth-order valence-corrected chi connectivity index (χ4v) is 2.21. The van der Waals surface area contributed by atoms with Crippen LogP contribution in [-0.4, -0.2) is 20.3 Å². The number of hydrogen-bond donors (Lipinski definition) is 2. The average molecular weight is 253 g/mol.